The first-order valence-electron chi connectivity index (χ1n) is 11.9. The Morgan fingerprint density at radius 1 is 1.18 bits per heavy atom. The molecule has 38 heavy (non-hydrogen) atoms. The summed E-state index contributed by atoms with van der Waals surface area (Å²) in [6.07, 6.45) is 2.29. The lowest BCUT2D eigenvalue weighted by Crippen LogP contribution is -2.47. The number of ether oxygens (including phenoxy) is 1. The number of esters is 1. The molecule has 202 valence electrons. The number of likely N-dealkylation sites (tertiary alicyclic amines) is 1. The van der Waals surface area contributed by atoms with Gasteiger partial charge in [-0.15, -0.1) is 21.5 Å². The third-order valence-corrected chi connectivity index (χ3v) is 8.41. The molecule has 1 saturated heterocycles. The molecule has 2 aromatic heterocycles. The first kappa shape index (κ1) is 27.0. The molecular formula is C25H24Cl2F2N4O4S. The minimum atomic E-state index is -3.62. The van der Waals surface area contributed by atoms with Crippen molar-refractivity contribution in [2.75, 3.05) is 13.1 Å². The van der Waals surface area contributed by atoms with Crippen molar-refractivity contribution in [2.45, 2.75) is 51.1 Å². The average Bonchev–Trinajstić information content (AvgIpc) is 3.56. The molecule has 0 radical (unpaired) electrons. The molecule has 2 fully saturated rings. The van der Waals surface area contributed by atoms with E-state index in [1.165, 1.54) is 23.6 Å². The predicted molar refractivity (Wildman–Crippen MR) is 136 cm³/mol. The lowest BCUT2D eigenvalue weighted by molar-refractivity contribution is -0.168. The fourth-order valence-electron chi connectivity index (χ4n) is 5.15. The molecule has 13 heteroatoms. The van der Waals surface area contributed by atoms with Gasteiger partial charge in [0.1, 0.15) is 10.5 Å². The van der Waals surface area contributed by atoms with Crippen LogP contribution in [0.15, 0.2) is 34.3 Å². The molecule has 1 aliphatic heterocycles. The van der Waals surface area contributed by atoms with Crippen LogP contribution in [0.4, 0.5) is 8.78 Å². The standard InChI is InChI=1S/C25H24Cl2F2N4O4S/c1-23(2,3)37-21(35)13-7-24(8-13)11-33(20(34)18-9-30-12-38-18)10-15(24)19-31-32-22(36-19)25(28,29)14-4-5-16(26)17(27)6-14/h4-6,9,12-13,15H,7-8,10-11H2,1-3H3. The van der Waals surface area contributed by atoms with Crippen molar-refractivity contribution in [3.63, 3.8) is 0 Å². The maximum Gasteiger partial charge on any atom is 0.349 e. The number of aromatic nitrogens is 3. The van der Waals surface area contributed by atoms with E-state index in [9.17, 15) is 9.59 Å². The topological polar surface area (TPSA) is 98.4 Å². The molecule has 1 atom stereocenters. The number of hydrogen-bond donors (Lipinski definition) is 0. The van der Waals surface area contributed by atoms with Gasteiger partial charge in [0.25, 0.3) is 11.8 Å². The third-order valence-electron chi connectivity index (χ3n) is 6.91. The summed E-state index contributed by atoms with van der Waals surface area (Å²) < 4.78 is 41.7. The second kappa shape index (κ2) is 9.53. The highest BCUT2D eigenvalue weighted by Gasteiger charge is 2.60. The summed E-state index contributed by atoms with van der Waals surface area (Å²) in [6.45, 7) is 5.87. The van der Waals surface area contributed by atoms with E-state index in [-0.39, 0.29) is 40.3 Å². The van der Waals surface area contributed by atoms with Crippen LogP contribution in [0, 0.1) is 11.3 Å². The van der Waals surface area contributed by atoms with Gasteiger partial charge in [0, 0.05) is 24.1 Å². The number of halogens is 4. The summed E-state index contributed by atoms with van der Waals surface area (Å²) in [7, 11) is 0. The van der Waals surface area contributed by atoms with Gasteiger partial charge in [-0.3, -0.25) is 14.6 Å². The molecule has 1 unspecified atom stereocenters. The van der Waals surface area contributed by atoms with E-state index < -0.39 is 34.3 Å². The fraction of sp³-hybridized carbons (Fsp3) is 0.480. The average molecular weight is 585 g/mol. The van der Waals surface area contributed by atoms with Crippen LogP contribution >= 0.6 is 34.5 Å². The van der Waals surface area contributed by atoms with Gasteiger partial charge in [0.05, 0.1) is 33.6 Å². The summed E-state index contributed by atoms with van der Waals surface area (Å²) in [6, 6.07) is 3.46. The van der Waals surface area contributed by atoms with Crippen molar-refractivity contribution in [2.24, 2.45) is 11.3 Å². The molecular weight excluding hydrogens is 561 g/mol. The van der Waals surface area contributed by atoms with Crippen molar-refractivity contribution >= 4 is 46.4 Å². The Bertz CT molecular complexity index is 1370. The number of nitrogens with zero attached hydrogens (tertiary/aromatic N) is 4. The van der Waals surface area contributed by atoms with E-state index >= 15 is 8.78 Å². The molecule has 5 rings (SSSR count). The highest BCUT2D eigenvalue weighted by Crippen LogP contribution is 2.59. The van der Waals surface area contributed by atoms with Crippen molar-refractivity contribution in [1.82, 2.24) is 20.1 Å². The number of carbonyl (C=O) groups is 2. The molecule has 0 bridgehead atoms. The van der Waals surface area contributed by atoms with E-state index in [2.05, 4.69) is 15.2 Å². The molecule has 1 aliphatic carbocycles. The van der Waals surface area contributed by atoms with Gasteiger partial charge in [-0.25, -0.2) is 0 Å². The van der Waals surface area contributed by atoms with Crippen molar-refractivity contribution < 1.29 is 27.5 Å². The number of carbonyl (C=O) groups excluding carboxylic acids is 2. The van der Waals surface area contributed by atoms with Crippen molar-refractivity contribution in [1.29, 1.82) is 0 Å². The first-order chi connectivity index (χ1) is 17.8. The number of alkyl halides is 2. The zero-order valence-corrected chi connectivity index (χ0v) is 23.0. The first-order valence-corrected chi connectivity index (χ1v) is 13.5. The van der Waals surface area contributed by atoms with Gasteiger partial charge in [0.2, 0.25) is 5.89 Å². The smallest absolute Gasteiger partial charge is 0.349 e. The molecule has 3 heterocycles. The molecule has 2 aliphatic rings. The van der Waals surface area contributed by atoms with E-state index in [1.807, 2.05) is 0 Å². The van der Waals surface area contributed by atoms with Crippen LogP contribution in [0.1, 0.15) is 66.5 Å². The maximum absolute atomic E-state index is 15.3. The number of hydrogen-bond acceptors (Lipinski definition) is 8. The van der Waals surface area contributed by atoms with Gasteiger partial charge >= 0.3 is 11.9 Å². The fourth-order valence-corrected chi connectivity index (χ4v) is 6.03. The van der Waals surface area contributed by atoms with Gasteiger partial charge in [-0.1, -0.05) is 29.3 Å². The summed E-state index contributed by atoms with van der Waals surface area (Å²) in [4.78, 5) is 31.9. The summed E-state index contributed by atoms with van der Waals surface area (Å²) in [5.74, 6) is -6.00. The van der Waals surface area contributed by atoms with Crippen molar-refractivity contribution in [3.8, 4) is 0 Å². The molecule has 1 spiro atoms. The number of thiazole rings is 1. The number of benzene rings is 1. The van der Waals surface area contributed by atoms with Crippen LogP contribution < -0.4 is 0 Å². The van der Waals surface area contributed by atoms with E-state index in [0.29, 0.717) is 24.3 Å². The number of rotatable bonds is 5. The van der Waals surface area contributed by atoms with Gasteiger partial charge in [-0.05, 0) is 45.7 Å². The molecule has 1 saturated carbocycles. The second-order valence-corrected chi connectivity index (χ2v) is 12.5. The number of amides is 1. The lowest BCUT2D eigenvalue weighted by Gasteiger charge is -2.46. The lowest BCUT2D eigenvalue weighted by atomic mass is 9.57. The Balaban J connectivity index is 1.42. The summed E-state index contributed by atoms with van der Waals surface area (Å²) in [5, 5.41) is 7.74. The zero-order chi connectivity index (χ0) is 27.5. The normalized spacial score (nSPS) is 23.5. The molecule has 1 aromatic carbocycles. The molecule has 0 N–H and O–H groups in total. The van der Waals surface area contributed by atoms with Crippen LogP contribution in [0.25, 0.3) is 0 Å². The largest absolute Gasteiger partial charge is 0.460 e. The minimum absolute atomic E-state index is 0.0121. The Hall–Kier alpha value is -2.63. The van der Waals surface area contributed by atoms with Gasteiger partial charge in [0.15, 0.2) is 0 Å². The van der Waals surface area contributed by atoms with Crippen LogP contribution in [-0.2, 0) is 15.5 Å². The van der Waals surface area contributed by atoms with Crippen molar-refractivity contribution in [3.05, 3.63) is 62.2 Å². The molecule has 3 aromatic rings. The molecule has 8 nitrogen and oxygen atoms in total. The summed E-state index contributed by atoms with van der Waals surface area (Å²) in [5.41, 5.74) is -0.113. The van der Waals surface area contributed by atoms with Crippen LogP contribution in [0.2, 0.25) is 10.0 Å². The van der Waals surface area contributed by atoms with Crippen LogP contribution in [0.5, 0.6) is 0 Å². The van der Waals surface area contributed by atoms with E-state index in [0.717, 1.165) is 12.1 Å². The highest BCUT2D eigenvalue weighted by molar-refractivity contribution is 7.11. The predicted octanol–water partition coefficient (Wildman–Crippen LogP) is 5.95. The third kappa shape index (κ3) is 4.91. The Morgan fingerprint density at radius 3 is 2.55 bits per heavy atom. The van der Waals surface area contributed by atoms with Crippen LogP contribution in [-0.4, -0.2) is 50.6 Å². The Kier molecular flexibility index (Phi) is 6.76. The maximum atomic E-state index is 15.3. The van der Waals surface area contributed by atoms with Gasteiger partial charge in [-0.2, -0.15) is 8.78 Å². The Labute approximate surface area is 231 Å². The van der Waals surface area contributed by atoms with Crippen LogP contribution in [0.3, 0.4) is 0 Å². The monoisotopic (exact) mass is 584 g/mol. The highest BCUT2D eigenvalue weighted by atomic mass is 35.5. The second-order valence-electron chi connectivity index (χ2n) is 10.8. The van der Waals surface area contributed by atoms with E-state index in [1.54, 1.807) is 31.2 Å². The van der Waals surface area contributed by atoms with Gasteiger partial charge < -0.3 is 14.1 Å². The SMILES string of the molecule is CC(C)(C)OC(=O)C1CC2(C1)CN(C(=O)c1cncs1)CC2c1nnc(C(F)(F)c2ccc(Cl)c(Cl)c2)o1. The molecule has 1 amide bonds. The minimum Gasteiger partial charge on any atom is -0.460 e. The summed E-state index contributed by atoms with van der Waals surface area (Å²) >= 11 is 13.0. The quantitative estimate of drug-likeness (QED) is 0.341. The zero-order valence-electron chi connectivity index (χ0n) is 20.7. The Morgan fingerprint density at radius 2 is 1.92 bits per heavy atom. The van der Waals surface area contributed by atoms with E-state index in [4.69, 9.17) is 32.4 Å².